The van der Waals surface area contributed by atoms with Crippen LogP contribution in [0.4, 0.5) is 18.9 Å². The molecule has 1 heterocycles. The third-order valence-electron chi connectivity index (χ3n) is 4.26. The van der Waals surface area contributed by atoms with Crippen molar-refractivity contribution in [1.29, 1.82) is 0 Å². The number of alkyl halides is 3. The van der Waals surface area contributed by atoms with Crippen molar-refractivity contribution in [1.82, 2.24) is 9.78 Å². The first-order valence-electron chi connectivity index (χ1n) is 8.16. The summed E-state index contributed by atoms with van der Waals surface area (Å²) in [6, 6.07) is 4.57. The van der Waals surface area contributed by atoms with Crippen molar-refractivity contribution in [3.8, 4) is 0 Å². The summed E-state index contributed by atoms with van der Waals surface area (Å²) in [6.45, 7) is 5.03. The monoisotopic (exact) mass is 383 g/mol. The third kappa shape index (κ3) is 4.66. The largest absolute Gasteiger partial charge is 0.478 e. The second-order valence-electron chi connectivity index (χ2n) is 6.42. The van der Waals surface area contributed by atoms with E-state index in [0.29, 0.717) is 11.3 Å². The summed E-state index contributed by atoms with van der Waals surface area (Å²) in [5.74, 6) is -2.53. The van der Waals surface area contributed by atoms with Gasteiger partial charge in [0.25, 0.3) is 0 Å². The molecular formula is C18H20F3N3O3. The standard InChI is InChI=1S/C18H20F3N3O3/c1-9-5-6-14(13(7-9)17(26)27)22-16(25)10(2)15-11(3)23-24(12(15)4)8-18(19,20)21/h5-7,10H,8H2,1-4H3,(H,22,25)(H,26,27). The van der Waals surface area contributed by atoms with Crippen molar-refractivity contribution in [2.24, 2.45) is 0 Å². The van der Waals surface area contributed by atoms with E-state index in [1.165, 1.54) is 26.0 Å². The molecule has 0 radical (unpaired) electrons. The summed E-state index contributed by atoms with van der Waals surface area (Å²) < 4.78 is 38.8. The maximum Gasteiger partial charge on any atom is 0.408 e. The molecule has 9 heteroatoms. The zero-order valence-corrected chi connectivity index (χ0v) is 15.3. The minimum atomic E-state index is -4.43. The van der Waals surface area contributed by atoms with Gasteiger partial charge in [-0.1, -0.05) is 11.6 Å². The van der Waals surface area contributed by atoms with E-state index in [2.05, 4.69) is 10.4 Å². The van der Waals surface area contributed by atoms with Crippen LogP contribution in [0.5, 0.6) is 0 Å². The van der Waals surface area contributed by atoms with Gasteiger partial charge in [-0.05, 0) is 39.8 Å². The van der Waals surface area contributed by atoms with Crippen molar-refractivity contribution < 1.29 is 27.9 Å². The van der Waals surface area contributed by atoms with E-state index < -0.39 is 30.5 Å². The van der Waals surface area contributed by atoms with Crippen LogP contribution in [-0.2, 0) is 11.3 Å². The molecule has 1 atom stereocenters. The summed E-state index contributed by atoms with van der Waals surface area (Å²) in [4.78, 5) is 24.0. The lowest BCUT2D eigenvalue weighted by Gasteiger charge is -2.15. The molecule has 0 aliphatic heterocycles. The summed E-state index contributed by atoms with van der Waals surface area (Å²) >= 11 is 0. The summed E-state index contributed by atoms with van der Waals surface area (Å²) in [5, 5.41) is 15.7. The Labute approximate surface area is 154 Å². The second-order valence-corrected chi connectivity index (χ2v) is 6.42. The Bertz CT molecular complexity index is 888. The summed E-state index contributed by atoms with van der Waals surface area (Å²) in [6.07, 6.45) is -4.43. The lowest BCUT2D eigenvalue weighted by molar-refractivity contribution is -0.143. The van der Waals surface area contributed by atoms with E-state index >= 15 is 0 Å². The van der Waals surface area contributed by atoms with E-state index in [1.54, 1.807) is 19.9 Å². The van der Waals surface area contributed by atoms with Crippen LogP contribution >= 0.6 is 0 Å². The molecular weight excluding hydrogens is 363 g/mol. The van der Waals surface area contributed by atoms with Gasteiger partial charge in [0.15, 0.2) is 0 Å². The van der Waals surface area contributed by atoms with Gasteiger partial charge in [0.1, 0.15) is 6.54 Å². The minimum absolute atomic E-state index is 0.0586. The quantitative estimate of drug-likeness (QED) is 0.822. The normalized spacial score (nSPS) is 12.7. The van der Waals surface area contributed by atoms with Gasteiger partial charge in [0.05, 0.1) is 22.9 Å². The number of hydrogen-bond donors (Lipinski definition) is 2. The molecule has 0 saturated heterocycles. The van der Waals surface area contributed by atoms with E-state index in [0.717, 1.165) is 10.2 Å². The SMILES string of the molecule is Cc1ccc(NC(=O)C(C)c2c(C)nn(CC(F)(F)F)c2C)c(C(=O)O)c1. The summed E-state index contributed by atoms with van der Waals surface area (Å²) in [7, 11) is 0. The number of benzene rings is 1. The molecule has 2 N–H and O–H groups in total. The molecule has 1 aromatic carbocycles. The Hall–Kier alpha value is -2.84. The zero-order valence-electron chi connectivity index (χ0n) is 15.3. The van der Waals surface area contributed by atoms with Crippen LogP contribution < -0.4 is 5.32 Å². The predicted molar refractivity (Wildman–Crippen MR) is 92.9 cm³/mol. The molecule has 2 rings (SSSR count). The minimum Gasteiger partial charge on any atom is -0.478 e. The number of carbonyl (C=O) groups is 2. The van der Waals surface area contributed by atoms with Crippen molar-refractivity contribution in [2.75, 3.05) is 5.32 Å². The highest BCUT2D eigenvalue weighted by Crippen LogP contribution is 2.28. The fraction of sp³-hybridized carbons (Fsp3) is 0.389. The van der Waals surface area contributed by atoms with Crippen molar-refractivity contribution in [2.45, 2.75) is 46.3 Å². The van der Waals surface area contributed by atoms with Gasteiger partial charge in [-0.15, -0.1) is 0 Å². The molecule has 0 aliphatic carbocycles. The number of carbonyl (C=O) groups excluding carboxylic acids is 1. The molecule has 6 nitrogen and oxygen atoms in total. The molecule has 1 amide bonds. The number of amides is 1. The van der Waals surface area contributed by atoms with Gasteiger partial charge >= 0.3 is 12.1 Å². The van der Waals surface area contributed by atoms with Crippen LogP contribution in [0.2, 0.25) is 0 Å². The zero-order chi connectivity index (χ0) is 20.5. The second kappa shape index (κ2) is 7.42. The number of aromatic nitrogens is 2. The fourth-order valence-corrected chi connectivity index (χ4v) is 2.98. The molecule has 146 valence electrons. The van der Waals surface area contributed by atoms with Gasteiger partial charge < -0.3 is 10.4 Å². The molecule has 0 aliphatic rings. The molecule has 0 bridgehead atoms. The van der Waals surface area contributed by atoms with Gasteiger partial charge in [-0.2, -0.15) is 18.3 Å². The summed E-state index contributed by atoms with van der Waals surface area (Å²) in [5.41, 5.74) is 1.75. The molecule has 0 fully saturated rings. The first-order valence-corrected chi connectivity index (χ1v) is 8.16. The van der Waals surface area contributed by atoms with E-state index in [4.69, 9.17) is 0 Å². The smallest absolute Gasteiger partial charge is 0.408 e. The maximum absolute atomic E-state index is 12.7. The van der Waals surface area contributed by atoms with Crippen LogP contribution in [-0.4, -0.2) is 32.9 Å². The Morgan fingerprint density at radius 2 is 1.89 bits per heavy atom. The number of aromatic carboxylic acids is 1. The molecule has 27 heavy (non-hydrogen) atoms. The molecule has 1 aromatic heterocycles. The third-order valence-corrected chi connectivity index (χ3v) is 4.26. The van der Waals surface area contributed by atoms with E-state index in [-0.39, 0.29) is 16.9 Å². The van der Waals surface area contributed by atoms with Gasteiger partial charge in [-0.3, -0.25) is 9.48 Å². The lowest BCUT2D eigenvalue weighted by Crippen LogP contribution is -2.22. The number of aryl methyl sites for hydroxylation is 2. The molecule has 0 spiro atoms. The highest BCUT2D eigenvalue weighted by Gasteiger charge is 2.32. The van der Waals surface area contributed by atoms with E-state index in [1.807, 2.05) is 0 Å². The molecule has 2 aromatic rings. The Morgan fingerprint density at radius 1 is 1.26 bits per heavy atom. The molecule has 0 saturated carbocycles. The Morgan fingerprint density at radius 3 is 2.44 bits per heavy atom. The van der Waals surface area contributed by atoms with E-state index in [9.17, 15) is 27.9 Å². The number of nitrogens with one attached hydrogen (secondary N) is 1. The number of anilines is 1. The first-order chi connectivity index (χ1) is 12.4. The van der Waals surface area contributed by atoms with Crippen LogP contribution in [0, 0.1) is 20.8 Å². The number of hydrogen-bond acceptors (Lipinski definition) is 3. The topological polar surface area (TPSA) is 84.2 Å². The maximum atomic E-state index is 12.7. The molecule has 1 unspecified atom stereocenters. The average molecular weight is 383 g/mol. The Kier molecular flexibility index (Phi) is 5.62. The highest BCUT2D eigenvalue weighted by atomic mass is 19.4. The lowest BCUT2D eigenvalue weighted by atomic mass is 9.98. The van der Waals surface area contributed by atoms with Gasteiger partial charge in [0, 0.05) is 11.3 Å². The number of rotatable bonds is 5. The van der Waals surface area contributed by atoms with Crippen LogP contribution in [0.25, 0.3) is 0 Å². The predicted octanol–water partition coefficient (Wildman–Crippen LogP) is 3.81. The van der Waals surface area contributed by atoms with Gasteiger partial charge in [0.2, 0.25) is 5.91 Å². The number of nitrogens with zero attached hydrogens (tertiary/aromatic N) is 2. The number of carboxylic acids is 1. The average Bonchev–Trinajstić information content (AvgIpc) is 2.80. The first kappa shape index (κ1) is 20.5. The van der Waals surface area contributed by atoms with Crippen molar-refractivity contribution >= 4 is 17.6 Å². The van der Waals surface area contributed by atoms with Crippen LogP contribution in [0.3, 0.4) is 0 Å². The Balaban J connectivity index is 2.30. The number of carboxylic acid groups (broad SMARTS) is 1. The highest BCUT2D eigenvalue weighted by molar-refractivity contribution is 6.02. The van der Waals surface area contributed by atoms with Crippen molar-refractivity contribution in [3.63, 3.8) is 0 Å². The number of halogens is 3. The van der Waals surface area contributed by atoms with Crippen LogP contribution in [0.15, 0.2) is 18.2 Å². The fourth-order valence-electron chi connectivity index (χ4n) is 2.98. The van der Waals surface area contributed by atoms with Crippen molar-refractivity contribution in [3.05, 3.63) is 46.3 Å². The van der Waals surface area contributed by atoms with Crippen LogP contribution in [0.1, 0.15) is 45.7 Å². The van der Waals surface area contributed by atoms with Gasteiger partial charge in [-0.25, -0.2) is 4.79 Å².